The molecule has 2 N–H and O–H groups in total. The zero-order valence-electron chi connectivity index (χ0n) is 17.6. The predicted molar refractivity (Wildman–Crippen MR) is 118 cm³/mol. The molecule has 11 heteroatoms. The van der Waals surface area contributed by atoms with Gasteiger partial charge in [0.25, 0.3) is 5.91 Å². The number of ether oxygens (including phenoxy) is 1. The minimum atomic E-state index is -4.53. The van der Waals surface area contributed by atoms with Gasteiger partial charge in [0.1, 0.15) is 23.6 Å². The van der Waals surface area contributed by atoms with Crippen LogP contribution in [0, 0.1) is 0 Å². The van der Waals surface area contributed by atoms with Crippen molar-refractivity contribution in [2.45, 2.75) is 13.1 Å². The molecule has 0 saturated carbocycles. The van der Waals surface area contributed by atoms with Crippen molar-refractivity contribution in [3.63, 3.8) is 0 Å². The van der Waals surface area contributed by atoms with E-state index in [9.17, 15) is 22.8 Å². The number of anilines is 2. The Morgan fingerprint density at radius 2 is 1.76 bits per heavy atom. The van der Waals surface area contributed by atoms with Gasteiger partial charge in [-0.25, -0.2) is 9.97 Å². The highest BCUT2D eigenvalue weighted by molar-refractivity contribution is 6.11. The average Bonchev–Trinajstić information content (AvgIpc) is 2.78. The Hall–Kier alpha value is -4.54. The van der Waals surface area contributed by atoms with Gasteiger partial charge < -0.3 is 15.4 Å². The van der Waals surface area contributed by atoms with Crippen molar-refractivity contribution in [2.24, 2.45) is 0 Å². The van der Waals surface area contributed by atoms with Gasteiger partial charge in [0.05, 0.1) is 5.56 Å². The zero-order valence-corrected chi connectivity index (χ0v) is 17.6. The molecule has 0 fully saturated rings. The van der Waals surface area contributed by atoms with Crippen LogP contribution in [-0.4, -0.2) is 26.8 Å². The molecule has 0 atom stereocenters. The monoisotopic (exact) mass is 467 g/mol. The maximum Gasteiger partial charge on any atom is 0.416 e. The lowest BCUT2D eigenvalue weighted by Gasteiger charge is -2.11. The maximum atomic E-state index is 12.9. The van der Waals surface area contributed by atoms with Crippen LogP contribution in [0.2, 0.25) is 0 Å². The third-order valence-electron chi connectivity index (χ3n) is 4.57. The summed E-state index contributed by atoms with van der Waals surface area (Å²) in [6, 6.07) is 12.3. The van der Waals surface area contributed by atoms with Gasteiger partial charge in [-0.05, 0) is 47.9 Å². The Labute approximate surface area is 190 Å². The molecule has 0 bridgehead atoms. The van der Waals surface area contributed by atoms with Crippen LogP contribution < -0.4 is 15.4 Å². The largest absolute Gasteiger partial charge is 0.439 e. The number of benzene rings is 2. The highest BCUT2D eigenvalue weighted by Gasteiger charge is 2.30. The molecular formula is C23H16F3N5O3. The van der Waals surface area contributed by atoms with Gasteiger partial charge in [-0.3, -0.25) is 14.6 Å². The van der Waals surface area contributed by atoms with Crippen molar-refractivity contribution in [3.8, 4) is 11.6 Å². The van der Waals surface area contributed by atoms with Gasteiger partial charge in [-0.15, -0.1) is 0 Å². The van der Waals surface area contributed by atoms with E-state index in [0.717, 1.165) is 12.1 Å². The molecule has 4 aromatic rings. The first-order valence-electron chi connectivity index (χ1n) is 9.84. The smallest absolute Gasteiger partial charge is 0.416 e. The van der Waals surface area contributed by atoms with Crippen molar-refractivity contribution in [1.29, 1.82) is 0 Å². The molecule has 2 aromatic carbocycles. The number of carbonyl (C=O) groups excluding carboxylic acids is 2. The molecule has 0 radical (unpaired) electrons. The number of pyridine rings is 1. The number of nitrogens with one attached hydrogen (secondary N) is 2. The fourth-order valence-corrected chi connectivity index (χ4v) is 3.13. The van der Waals surface area contributed by atoms with E-state index in [4.69, 9.17) is 4.74 Å². The maximum absolute atomic E-state index is 12.9. The van der Waals surface area contributed by atoms with E-state index in [1.165, 1.54) is 37.6 Å². The van der Waals surface area contributed by atoms with Gasteiger partial charge >= 0.3 is 6.18 Å². The number of fused-ring (bicyclic) bond motifs is 1. The van der Waals surface area contributed by atoms with Gasteiger partial charge in [0, 0.05) is 30.3 Å². The fraction of sp³-hybridized carbons (Fsp3) is 0.0870. The number of carbonyl (C=O) groups is 2. The average molecular weight is 467 g/mol. The van der Waals surface area contributed by atoms with Crippen LogP contribution >= 0.6 is 0 Å². The Bertz CT molecular complexity index is 1390. The standard InChI is InChI=1S/C23H16F3N5O3/c1-13(32)30-19-11-20(29-12-28-19)34-17-5-6-18-14(9-17)7-8-27-21(18)22(33)31-16-4-2-3-15(10-16)23(24,25)26/h2-12H,1H3,(H,31,33)(H,28,29,30,32). The number of alkyl halides is 3. The summed E-state index contributed by atoms with van der Waals surface area (Å²) in [5, 5.41) is 6.06. The fourth-order valence-electron chi connectivity index (χ4n) is 3.13. The molecule has 2 heterocycles. The topological polar surface area (TPSA) is 106 Å². The molecule has 4 rings (SSSR count). The van der Waals surface area contributed by atoms with E-state index in [1.807, 2.05) is 0 Å². The lowest BCUT2D eigenvalue weighted by atomic mass is 10.1. The van der Waals surface area contributed by atoms with Gasteiger partial charge in [-0.2, -0.15) is 13.2 Å². The first-order valence-corrected chi connectivity index (χ1v) is 9.84. The first kappa shape index (κ1) is 22.6. The second-order valence-corrected chi connectivity index (χ2v) is 7.10. The Morgan fingerprint density at radius 1 is 0.941 bits per heavy atom. The summed E-state index contributed by atoms with van der Waals surface area (Å²) in [6.45, 7) is 1.35. The van der Waals surface area contributed by atoms with Crippen molar-refractivity contribution in [3.05, 3.63) is 78.4 Å². The predicted octanol–water partition coefficient (Wildman–Crippen LogP) is 5.05. The molecule has 0 saturated heterocycles. The number of nitrogens with zero attached hydrogens (tertiary/aromatic N) is 3. The summed E-state index contributed by atoms with van der Waals surface area (Å²) in [6.07, 6.45) is -1.88. The Morgan fingerprint density at radius 3 is 2.53 bits per heavy atom. The minimum absolute atomic E-state index is 0.00248. The van der Waals surface area contributed by atoms with E-state index in [2.05, 4.69) is 25.6 Å². The van der Waals surface area contributed by atoms with Crippen LogP contribution in [0.25, 0.3) is 10.8 Å². The molecule has 2 amide bonds. The molecule has 0 unspecified atom stereocenters. The van der Waals surface area contributed by atoms with Gasteiger partial charge in [-0.1, -0.05) is 6.07 Å². The number of amides is 2. The van der Waals surface area contributed by atoms with Crippen molar-refractivity contribution in [1.82, 2.24) is 15.0 Å². The van der Waals surface area contributed by atoms with E-state index in [0.29, 0.717) is 16.5 Å². The zero-order chi connectivity index (χ0) is 24.3. The van der Waals surface area contributed by atoms with Crippen LogP contribution in [-0.2, 0) is 11.0 Å². The summed E-state index contributed by atoms with van der Waals surface area (Å²) < 4.78 is 44.6. The van der Waals surface area contributed by atoms with Crippen molar-refractivity contribution < 1.29 is 27.5 Å². The molecule has 2 aromatic heterocycles. The molecule has 0 aliphatic carbocycles. The van der Waals surface area contributed by atoms with Crippen LogP contribution in [0.3, 0.4) is 0 Å². The summed E-state index contributed by atoms with van der Waals surface area (Å²) in [7, 11) is 0. The summed E-state index contributed by atoms with van der Waals surface area (Å²) >= 11 is 0. The molecule has 34 heavy (non-hydrogen) atoms. The molecule has 0 aliphatic heterocycles. The first-order chi connectivity index (χ1) is 16.2. The number of halogens is 3. The van der Waals surface area contributed by atoms with E-state index in [-0.39, 0.29) is 29.0 Å². The third-order valence-corrected chi connectivity index (χ3v) is 4.57. The summed E-state index contributed by atoms with van der Waals surface area (Å²) in [5.41, 5.74) is -0.835. The molecule has 0 spiro atoms. The molecule has 0 aliphatic rings. The molecule has 8 nitrogen and oxygen atoms in total. The van der Waals surface area contributed by atoms with Crippen LogP contribution in [0.15, 0.2) is 67.1 Å². The Kier molecular flexibility index (Phi) is 6.09. The van der Waals surface area contributed by atoms with Crippen LogP contribution in [0.4, 0.5) is 24.7 Å². The number of aromatic nitrogens is 3. The summed E-state index contributed by atoms with van der Waals surface area (Å²) in [4.78, 5) is 36.0. The van der Waals surface area contributed by atoms with Crippen molar-refractivity contribution >= 4 is 34.1 Å². The lowest BCUT2D eigenvalue weighted by Crippen LogP contribution is -2.15. The minimum Gasteiger partial charge on any atom is -0.439 e. The highest BCUT2D eigenvalue weighted by atomic mass is 19.4. The molecular weight excluding hydrogens is 451 g/mol. The van der Waals surface area contributed by atoms with Crippen LogP contribution in [0.5, 0.6) is 11.6 Å². The normalized spacial score (nSPS) is 11.2. The van der Waals surface area contributed by atoms with E-state index < -0.39 is 17.6 Å². The highest BCUT2D eigenvalue weighted by Crippen LogP contribution is 2.31. The number of hydrogen-bond donors (Lipinski definition) is 2. The summed E-state index contributed by atoms with van der Waals surface area (Å²) in [5.74, 6) is -0.0887. The van der Waals surface area contributed by atoms with Crippen molar-refractivity contribution in [2.75, 3.05) is 10.6 Å². The van der Waals surface area contributed by atoms with Gasteiger partial charge in [0.15, 0.2) is 0 Å². The SMILES string of the molecule is CC(=O)Nc1cc(Oc2ccc3c(C(=O)Nc4cccc(C(F)(F)F)c4)nccc3c2)ncn1. The van der Waals surface area contributed by atoms with E-state index >= 15 is 0 Å². The second-order valence-electron chi connectivity index (χ2n) is 7.10. The van der Waals surface area contributed by atoms with Crippen LogP contribution in [0.1, 0.15) is 23.0 Å². The second kappa shape index (κ2) is 9.14. The number of hydrogen-bond acceptors (Lipinski definition) is 6. The lowest BCUT2D eigenvalue weighted by molar-refractivity contribution is -0.137. The Balaban J connectivity index is 1.57. The number of rotatable bonds is 5. The van der Waals surface area contributed by atoms with E-state index in [1.54, 1.807) is 24.3 Å². The quantitative estimate of drug-likeness (QED) is 0.426. The van der Waals surface area contributed by atoms with Gasteiger partial charge in [0.2, 0.25) is 11.8 Å². The molecule has 172 valence electrons. The third kappa shape index (κ3) is 5.26.